The molecule has 0 unspecified atom stereocenters. The third-order valence-electron chi connectivity index (χ3n) is 6.11. The summed E-state index contributed by atoms with van der Waals surface area (Å²) in [5.41, 5.74) is 4.05. The van der Waals surface area contributed by atoms with Crippen LogP contribution in [0.4, 0.5) is 5.69 Å². The monoisotopic (exact) mass is 316 g/mol. The Hall–Kier alpha value is -1.51. The largest absolute Gasteiger partial charge is 0.493 e. The van der Waals surface area contributed by atoms with Crippen LogP contribution in [0.5, 0.6) is 5.75 Å². The van der Waals surface area contributed by atoms with E-state index in [2.05, 4.69) is 70.5 Å². The molecule has 0 saturated heterocycles. The molecule has 1 aromatic rings. The van der Waals surface area contributed by atoms with Crippen LogP contribution in [0.3, 0.4) is 0 Å². The van der Waals surface area contributed by atoms with E-state index in [0.29, 0.717) is 16.7 Å². The maximum atomic E-state index is 6.15. The minimum absolute atomic E-state index is 0.366. The van der Waals surface area contributed by atoms with E-state index in [-0.39, 0.29) is 0 Å². The van der Waals surface area contributed by atoms with Crippen molar-refractivity contribution in [2.75, 3.05) is 20.2 Å². The summed E-state index contributed by atoms with van der Waals surface area (Å²) < 4.78 is 6.15. The maximum Gasteiger partial charge on any atom is 0.122 e. The number of aryl methyl sites for hydroxylation is 2. The number of ether oxygens (including phenoxy) is 1. The fourth-order valence-corrected chi connectivity index (χ4v) is 3.23. The Morgan fingerprint density at radius 2 is 1.74 bits per heavy atom. The van der Waals surface area contributed by atoms with Gasteiger partial charge in [0.15, 0.2) is 0 Å². The van der Waals surface area contributed by atoms with Crippen LogP contribution in [0.15, 0.2) is 17.1 Å². The van der Waals surface area contributed by atoms with Crippen molar-refractivity contribution in [1.29, 1.82) is 0 Å². The van der Waals surface area contributed by atoms with Crippen molar-refractivity contribution in [2.24, 2.45) is 21.7 Å². The van der Waals surface area contributed by atoms with Crippen molar-refractivity contribution in [3.63, 3.8) is 0 Å². The first-order valence-electron chi connectivity index (χ1n) is 8.59. The van der Waals surface area contributed by atoms with E-state index in [1.54, 1.807) is 0 Å². The number of aliphatic imine (C=N–C) groups is 1. The van der Waals surface area contributed by atoms with Gasteiger partial charge in [-0.15, -0.1) is 0 Å². The van der Waals surface area contributed by atoms with Crippen molar-refractivity contribution in [1.82, 2.24) is 4.90 Å². The number of nitrogens with zero attached hydrogens (tertiary/aromatic N) is 2. The molecule has 1 aliphatic rings. The summed E-state index contributed by atoms with van der Waals surface area (Å²) in [5, 5.41) is 0. The molecule has 1 aliphatic carbocycles. The molecule has 1 aromatic carbocycles. The van der Waals surface area contributed by atoms with Gasteiger partial charge in [-0.2, -0.15) is 0 Å². The predicted octanol–water partition coefficient (Wildman–Crippen LogP) is 4.98. The summed E-state index contributed by atoms with van der Waals surface area (Å²) in [5.74, 6) is 1.61. The molecule has 0 aromatic heterocycles. The zero-order chi connectivity index (χ0) is 17.4. The Kier molecular flexibility index (Phi) is 4.79. The summed E-state index contributed by atoms with van der Waals surface area (Å²) in [4.78, 5) is 6.64. The first-order valence-corrected chi connectivity index (χ1v) is 8.59. The van der Waals surface area contributed by atoms with Gasteiger partial charge in [0, 0.05) is 19.5 Å². The second kappa shape index (κ2) is 6.18. The molecule has 0 N–H and O–H groups in total. The molecule has 1 fully saturated rings. The molecule has 0 spiro atoms. The van der Waals surface area contributed by atoms with Gasteiger partial charge in [-0.3, -0.25) is 0 Å². The normalized spacial score (nSPS) is 19.1. The van der Waals surface area contributed by atoms with Crippen LogP contribution in [0.1, 0.15) is 45.7 Å². The molecule has 0 aliphatic heterocycles. The zero-order valence-corrected chi connectivity index (χ0v) is 16.0. The number of hydrogen-bond donors (Lipinski definition) is 0. The van der Waals surface area contributed by atoms with Gasteiger partial charge in [-0.05, 0) is 54.9 Å². The van der Waals surface area contributed by atoms with E-state index in [0.717, 1.165) is 35.7 Å². The lowest BCUT2D eigenvalue weighted by Gasteiger charge is -2.13. The highest BCUT2D eigenvalue weighted by atomic mass is 16.5. The van der Waals surface area contributed by atoms with Gasteiger partial charge in [0.2, 0.25) is 0 Å². The molecule has 0 atom stereocenters. The number of rotatable bonds is 6. The molecule has 128 valence electrons. The fraction of sp³-hybridized carbons (Fsp3) is 0.650. The zero-order valence-electron chi connectivity index (χ0n) is 16.0. The van der Waals surface area contributed by atoms with Crippen LogP contribution in [-0.2, 0) is 0 Å². The average molecular weight is 316 g/mol. The third-order valence-corrected chi connectivity index (χ3v) is 6.11. The average Bonchev–Trinajstić information content (AvgIpc) is 2.87. The fourth-order valence-electron chi connectivity index (χ4n) is 3.23. The highest BCUT2D eigenvalue weighted by molar-refractivity contribution is 5.64. The highest BCUT2D eigenvalue weighted by Crippen LogP contribution is 2.68. The van der Waals surface area contributed by atoms with Crippen molar-refractivity contribution in [2.45, 2.75) is 48.5 Å². The standard InChI is InChI=1S/C20H32N2O/c1-9-22(8)13-21-16-10-15(3)17(11-14(16)2)23-12-18-19(4,5)20(18,6)7/h10-11,13,18H,9,12H2,1-8H3/b21-13-. The highest BCUT2D eigenvalue weighted by Gasteiger charge is 2.64. The lowest BCUT2D eigenvalue weighted by Crippen LogP contribution is -2.14. The number of hydrogen-bond acceptors (Lipinski definition) is 2. The summed E-state index contributed by atoms with van der Waals surface area (Å²) in [6.07, 6.45) is 1.89. The summed E-state index contributed by atoms with van der Waals surface area (Å²) in [6.45, 7) is 17.4. The predicted molar refractivity (Wildman–Crippen MR) is 98.9 cm³/mol. The second-order valence-corrected chi connectivity index (χ2v) is 8.03. The first-order chi connectivity index (χ1) is 10.6. The second-order valence-electron chi connectivity index (χ2n) is 8.03. The topological polar surface area (TPSA) is 24.8 Å². The number of benzene rings is 1. The van der Waals surface area contributed by atoms with Gasteiger partial charge in [0.05, 0.1) is 18.6 Å². The van der Waals surface area contributed by atoms with Crippen LogP contribution in [0.2, 0.25) is 0 Å². The Morgan fingerprint density at radius 1 is 1.13 bits per heavy atom. The van der Waals surface area contributed by atoms with Gasteiger partial charge in [-0.1, -0.05) is 27.7 Å². The van der Waals surface area contributed by atoms with Crippen molar-refractivity contribution < 1.29 is 4.74 Å². The minimum Gasteiger partial charge on any atom is -0.493 e. The SMILES string of the molecule is CCN(C)/C=N\c1cc(C)c(OCC2C(C)(C)C2(C)C)cc1C. The minimum atomic E-state index is 0.366. The summed E-state index contributed by atoms with van der Waals surface area (Å²) >= 11 is 0. The van der Waals surface area contributed by atoms with Crippen LogP contribution >= 0.6 is 0 Å². The van der Waals surface area contributed by atoms with Gasteiger partial charge >= 0.3 is 0 Å². The summed E-state index contributed by atoms with van der Waals surface area (Å²) in [7, 11) is 2.03. The molecular formula is C20H32N2O. The van der Waals surface area contributed by atoms with Crippen LogP contribution in [0, 0.1) is 30.6 Å². The van der Waals surface area contributed by atoms with Crippen molar-refractivity contribution in [3.8, 4) is 5.75 Å². The molecule has 1 saturated carbocycles. The quantitative estimate of drug-likeness (QED) is 0.546. The van der Waals surface area contributed by atoms with Crippen LogP contribution in [0.25, 0.3) is 0 Å². The third kappa shape index (κ3) is 3.39. The Morgan fingerprint density at radius 3 is 2.26 bits per heavy atom. The van der Waals surface area contributed by atoms with Gasteiger partial charge in [0.1, 0.15) is 5.75 Å². The maximum absolute atomic E-state index is 6.15. The molecule has 0 amide bonds. The molecule has 23 heavy (non-hydrogen) atoms. The molecule has 0 heterocycles. The molecule has 2 rings (SSSR count). The van der Waals surface area contributed by atoms with E-state index in [1.165, 1.54) is 0 Å². The lowest BCUT2D eigenvalue weighted by atomic mass is 10.0. The Labute approximate surface area is 141 Å². The van der Waals surface area contributed by atoms with Crippen molar-refractivity contribution in [3.05, 3.63) is 23.3 Å². The first kappa shape index (κ1) is 17.8. The smallest absolute Gasteiger partial charge is 0.122 e. The van der Waals surface area contributed by atoms with E-state index in [9.17, 15) is 0 Å². The van der Waals surface area contributed by atoms with Gasteiger partial charge in [-0.25, -0.2) is 4.99 Å². The molecule has 0 bridgehead atoms. The lowest BCUT2D eigenvalue weighted by molar-refractivity contribution is 0.271. The Bertz CT molecular complexity index is 588. The molecule has 3 heteroatoms. The van der Waals surface area contributed by atoms with E-state index in [1.807, 2.05) is 13.4 Å². The van der Waals surface area contributed by atoms with Crippen molar-refractivity contribution >= 4 is 12.0 Å². The van der Waals surface area contributed by atoms with Crippen LogP contribution in [-0.4, -0.2) is 31.4 Å². The van der Waals surface area contributed by atoms with Crippen LogP contribution < -0.4 is 4.74 Å². The molecule has 3 nitrogen and oxygen atoms in total. The molecule has 0 radical (unpaired) electrons. The molecular weight excluding hydrogens is 284 g/mol. The van der Waals surface area contributed by atoms with E-state index >= 15 is 0 Å². The van der Waals surface area contributed by atoms with E-state index < -0.39 is 0 Å². The van der Waals surface area contributed by atoms with Gasteiger partial charge < -0.3 is 9.64 Å². The van der Waals surface area contributed by atoms with E-state index in [4.69, 9.17) is 4.74 Å². The van der Waals surface area contributed by atoms with Gasteiger partial charge in [0.25, 0.3) is 0 Å². The summed E-state index contributed by atoms with van der Waals surface area (Å²) in [6, 6.07) is 4.24. The Balaban J connectivity index is 2.07.